The monoisotopic (exact) mass is 271 g/mol. The van der Waals surface area contributed by atoms with E-state index >= 15 is 0 Å². The molecule has 14 heavy (non-hydrogen) atoms. The molecule has 0 aliphatic heterocycles. The van der Waals surface area contributed by atoms with Crippen LogP contribution in [0.1, 0.15) is 44.9 Å². The molecule has 0 saturated heterocycles. The lowest BCUT2D eigenvalue weighted by atomic mass is 10.1. The highest BCUT2D eigenvalue weighted by Gasteiger charge is 2.23. The second-order valence-electron chi connectivity index (χ2n) is 3.39. The first-order valence-electron chi connectivity index (χ1n) is 5.00. The van der Waals surface area contributed by atoms with Crippen LogP contribution >= 0.6 is 33.2 Å². The fourth-order valence-corrected chi connectivity index (χ4v) is 3.09. The van der Waals surface area contributed by atoms with E-state index in [-0.39, 0.29) is 0 Å². The van der Waals surface area contributed by atoms with Crippen LogP contribution in [0.5, 0.6) is 0 Å². The van der Waals surface area contributed by atoms with Gasteiger partial charge in [0.05, 0.1) is 6.07 Å². The highest BCUT2D eigenvalue weighted by molar-refractivity contribution is 7.64. The van der Waals surface area contributed by atoms with Crippen LogP contribution in [0.3, 0.4) is 0 Å². The van der Waals surface area contributed by atoms with E-state index in [2.05, 4.69) is 6.07 Å². The number of unbranched alkanes of at least 4 members (excludes halogenated alkanes) is 6. The third-order valence-electron chi connectivity index (χ3n) is 2.00. The minimum Gasteiger partial charge on any atom is -0.198 e. The van der Waals surface area contributed by atoms with Crippen molar-refractivity contribution in [3.05, 3.63) is 0 Å². The summed E-state index contributed by atoms with van der Waals surface area (Å²) in [5.74, 6) is 0. The van der Waals surface area contributed by atoms with E-state index in [0.717, 1.165) is 31.7 Å². The maximum Gasteiger partial charge on any atom is 0.341 e. The molecule has 0 aliphatic carbocycles. The van der Waals surface area contributed by atoms with E-state index in [0.29, 0.717) is 6.42 Å². The Morgan fingerprint density at radius 1 is 0.857 bits per heavy atom. The number of nitriles is 1. The van der Waals surface area contributed by atoms with Gasteiger partial charge in [0.2, 0.25) is 0 Å². The van der Waals surface area contributed by atoms with E-state index in [4.69, 9.17) is 38.5 Å². The zero-order chi connectivity index (χ0) is 10.9. The highest BCUT2D eigenvalue weighted by Crippen LogP contribution is 2.27. The summed E-state index contributed by atoms with van der Waals surface area (Å²) in [5, 5.41) is 8.31. The lowest BCUT2D eigenvalue weighted by Crippen LogP contribution is -2.07. The van der Waals surface area contributed by atoms with Crippen molar-refractivity contribution in [2.24, 2.45) is 0 Å². The molecule has 0 unspecified atom stereocenters. The van der Waals surface area contributed by atoms with Gasteiger partial charge in [0.15, 0.2) is 0 Å². The Morgan fingerprint density at radius 2 is 1.36 bits per heavy atom. The summed E-state index contributed by atoms with van der Waals surface area (Å²) in [4.78, 5) is 0. The van der Waals surface area contributed by atoms with E-state index in [1.165, 1.54) is 12.8 Å². The van der Waals surface area contributed by atoms with Crippen LogP contribution < -0.4 is 0 Å². The average Bonchev–Trinajstić information content (AvgIpc) is 2.08. The SMILES string of the molecule is N#CCCCCCCCC[Si](Cl)(Cl)Cl. The van der Waals surface area contributed by atoms with Crippen molar-refractivity contribution in [3.8, 4) is 6.07 Å². The molecule has 0 N–H and O–H groups in total. The van der Waals surface area contributed by atoms with Gasteiger partial charge in [-0.25, -0.2) is 0 Å². The molecule has 0 aliphatic rings. The van der Waals surface area contributed by atoms with Crippen molar-refractivity contribution in [3.63, 3.8) is 0 Å². The van der Waals surface area contributed by atoms with Gasteiger partial charge in [0, 0.05) is 6.42 Å². The lowest BCUT2D eigenvalue weighted by molar-refractivity contribution is 0.612. The van der Waals surface area contributed by atoms with Crippen LogP contribution in [0.25, 0.3) is 0 Å². The van der Waals surface area contributed by atoms with Crippen LogP contribution in [-0.2, 0) is 0 Å². The molecule has 1 nitrogen and oxygen atoms in total. The highest BCUT2D eigenvalue weighted by atomic mass is 35.8. The van der Waals surface area contributed by atoms with Crippen LogP contribution in [-0.4, -0.2) is 6.00 Å². The second-order valence-corrected chi connectivity index (χ2v) is 12.7. The molecule has 0 aromatic heterocycles. The molecular weight excluding hydrogens is 257 g/mol. The molecule has 5 heteroatoms. The molecule has 0 fully saturated rings. The first kappa shape index (κ1) is 14.6. The number of hydrogen-bond donors (Lipinski definition) is 0. The Labute approximate surface area is 101 Å². The van der Waals surface area contributed by atoms with Gasteiger partial charge in [0.1, 0.15) is 0 Å². The molecule has 0 amide bonds. The Balaban J connectivity index is 3.04. The number of nitrogens with zero attached hydrogens (tertiary/aromatic N) is 1. The Morgan fingerprint density at radius 3 is 1.86 bits per heavy atom. The maximum absolute atomic E-state index is 8.31. The van der Waals surface area contributed by atoms with Crippen molar-refractivity contribution in [1.29, 1.82) is 5.26 Å². The van der Waals surface area contributed by atoms with Crippen LogP contribution in [0.2, 0.25) is 6.04 Å². The quantitative estimate of drug-likeness (QED) is 0.350. The Bertz CT molecular complexity index is 174. The summed E-state index contributed by atoms with van der Waals surface area (Å²) in [6.45, 7) is 0. The molecule has 0 aromatic carbocycles. The predicted octanol–water partition coefficient (Wildman–Crippen LogP) is 4.90. The predicted molar refractivity (Wildman–Crippen MR) is 66.1 cm³/mol. The van der Waals surface area contributed by atoms with Gasteiger partial charge in [-0.1, -0.05) is 32.1 Å². The van der Waals surface area contributed by atoms with Gasteiger partial charge in [-0.3, -0.25) is 0 Å². The van der Waals surface area contributed by atoms with Gasteiger partial charge in [0.25, 0.3) is 0 Å². The van der Waals surface area contributed by atoms with Gasteiger partial charge >= 0.3 is 6.00 Å². The van der Waals surface area contributed by atoms with Gasteiger partial charge in [-0.05, 0) is 12.5 Å². The van der Waals surface area contributed by atoms with Crippen molar-refractivity contribution in [2.45, 2.75) is 51.0 Å². The van der Waals surface area contributed by atoms with Crippen molar-refractivity contribution < 1.29 is 0 Å². The third-order valence-corrected chi connectivity index (χ3v) is 4.62. The normalized spacial score (nSPS) is 11.3. The van der Waals surface area contributed by atoms with Crippen molar-refractivity contribution >= 4 is 39.2 Å². The Hall–Kier alpha value is 0.577. The minimum atomic E-state index is -2.36. The largest absolute Gasteiger partial charge is 0.341 e. The first-order chi connectivity index (χ1) is 6.56. The number of rotatable bonds is 8. The molecule has 0 saturated carbocycles. The smallest absolute Gasteiger partial charge is 0.198 e. The summed E-state index contributed by atoms with van der Waals surface area (Å²) in [5.41, 5.74) is 0. The molecule has 82 valence electrons. The summed E-state index contributed by atoms with van der Waals surface area (Å²) in [6.07, 6.45) is 7.42. The Kier molecular flexibility index (Phi) is 9.22. The molecule has 0 radical (unpaired) electrons. The molecule has 0 rings (SSSR count). The van der Waals surface area contributed by atoms with Crippen LogP contribution in [0.4, 0.5) is 0 Å². The molecule has 0 atom stereocenters. The molecule has 0 heterocycles. The fraction of sp³-hybridized carbons (Fsp3) is 0.889. The van der Waals surface area contributed by atoms with Crippen LogP contribution in [0.15, 0.2) is 0 Å². The van der Waals surface area contributed by atoms with E-state index in [1.54, 1.807) is 0 Å². The van der Waals surface area contributed by atoms with Gasteiger partial charge < -0.3 is 0 Å². The summed E-state index contributed by atoms with van der Waals surface area (Å²) < 4.78 is 0. The average molecular weight is 273 g/mol. The topological polar surface area (TPSA) is 23.8 Å². The summed E-state index contributed by atoms with van der Waals surface area (Å²) >= 11 is 17.2. The third kappa shape index (κ3) is 12.6. The molecule has 0 bridgehead atoms. The lowest BCUT2D eigenvalue weighted by Gasteiger charge is -2.06. The fourth-order valence-electron chi connectivity index (χ4n) is 1.24. The number of halogens is 3. The molecular formula is C9H16Cl3NSi. The van der Waals surface area contributed by atoms with Gasteiger partial charge in [-0.15, -0.1) is 33.2 Å². The first-order valence-corrected chi connectivity index (χ1v) is 10.2. The summed E-state index contributed by atoms with van der Waals surface area (Å²) in [7, 11) is 0. The standard InChI is InChI=1S/C9H16Cl3NSi/c10-14(11,12)9-7-5-3-1-2-4-6-8-13/h1-7,9H2. The van der Waals surface area contributed by atoms with Crippen molar-refractivity contribution in [1.82, 2.24) is 0 Å². The molecule has 0 spiro atoms. The van der Waals surface area contributed by atoms with Crippen molar-refractivity contribution in [2.75, 3.05) is 0 Å². The molecule has 0 aromatic rings. The van der Waals surface area contributed by atoms with E-state index in [1.807, 2.05) is 0 Å². The van der Waals surface area contributed by atoms with E-state index in [9.17, 15) is 0 Å². The van der Waals surface area contributed by atoms with Gasteiger partial charge in [-0.2, -0.15) is 5.26 Å². The zero-order valence-corrected chi connectivity index (χ0v) is 11.5. The second kappa shape index (κ2) is 8.85. The minimum absolute atomic E-state index is 0.682. The van der Waals surface area contributed by atoms with Crippen LogP contribution in [0, 0.1) is 11.3 Å². The maximum atomic E-state index is 8.31. The zero-order valence-electron chi connectivity index (χ0n) is 8.24. The summed E-state index contributed by atoms with van der Waals surface area (Å²) in [6, 6.07) is 0.552. The van der Waals surface area contributed by atoms with E-state index < -0.39 is 6.00 Å². The number of hydrogen-bond acceptors (Lipinski definition) is 1.